The molecule has 2 aromatic heterocycles. The summed E-state index contributed by atoms with van der Waals surface area (Å²) >= 11 is 0. The molecule has 4 unspecified atom stereocenters. The van der Waals surface area contributed by atoms with Crippen LogP contribution in [0, 0.1) is 0 Å². The van der Waals surface area contributed by atoms with Crippen molar-refractivity contribution in [2.75, 3.05) is 20.2 Å². The lowest BCUT2D eigenvalue weighted by molar-refractivity contribution is -0.117. The number of carbonyl (C=O) groups is 1. The molecule has 4 atom stereocenters. The standard InChI is InChI=1S/C27H34N4O6/c1-30(17-23(33)25(35)26(36)24(34)18-32)27(37)20-10-8-19(9-11-20)14-31(15-21-6-2-4-12-28-21)16-22-7-3-5-13-29-22/h2-13,23-26,32-36H,14-18H2,1H3. The number of amides is 1. The summed E-state index contributed by atoms with van der Waals surface area (Å²) < 4.78 is 0. The van der Waals surface area contributed by atoms with E-state index in [0.717, 1.165) is 17.0 Å². The van der Waals surface area contributed by atoms with Crippen LogP contribution in [0.4, 0.5) is 0 Å². The third-order valence-electron chi connectivity index (χ3n) is 5.96. The average Bonchev–Trinajstić information content (AvgIpc) is 2.92. The summed E-state index contributed by atoms with van der Waals surface area (Å²) in [6.07, 6.45) is -3.08. The summed E-state index contributed by atoms with van der Waals surface area (Å²) in [5.41, 5.74) is 3.25. The first-order valence-corrected chi connectivity index (χ1v) is 12.0. The van der Waals surface area contributed by atoms with Gasteiger partial charge in [-0.2, -0.15) is 0 Å². The Hall–Kier alpha value is -3.25. The highest BCUT2D eigenvalue weighted by molar-refractivity contribution is 5.94. The molecular weight excluding hydrogens is 476 g/mol. The summed E-state index contributed by atoms with van der Waals surface area (Å²) in [6, 6.07) is 18.7. The zero-order chi connectivity index (χ0) is 26.8. The maximum Gasteiger partial charge on any atom is 0.253 e. The van der Waals surface area contributed by atoms with Crippen LogP contribution in [0.1, 0.15) is 27.3 Å². The molecule has 0 aliphatic rings. The summed E-state index contributed by atoms with van der Waals surface area (Å²) in [7, 11) is 1.46. The van der Waals surface area contributed by atoms with E-state index in [-0.39, 0.29) is 12.5 Å². The minimum Gasteiger partial charge on any atom is -0.394 e. The number of benzene rings is 1. The highest BCUT2D eigenvalue weighted by atomic mass is 16.4. The van der Waals surface area contributed by atoms with Crippen LogP contribution in [-0.4, -0.2) is 95.8 Å². The Bertz CT molecular complexity index is 1050. The van der Waals surface area contributed by atoms with Gasteiger partial charge in [0.2, 0.25) is 0 Å². The molecular formula is C27H34N4O6. The molecule has 0 aliphatic carbocycles. The van der Waals surface area contributed by atoms with E-state index < -0.39 is 31.0 Å². The fourth-order valence-electron chi connectivity index (χ4n) is 3.88. The van der Waals surface area contributed by atoms with Crippen LogP contribution in [0.2, 0.25) is 0 Å². The van der Waals surface area contributed by atoms with E-state index in [9.17, 15) is 25.2 Å². The van der Waals surface area contributed by atoms with Gasteiger partial charge >= 0.3 is 0 Å². The van der Waals surface area contributed by atoms with Gasteiger partial charge in [-0.05, 0) is 42.0 Å². The van der Waals surface area contributed by atoms with E-state index in [1.807, 2.05) is 48.5 Å². The predicted octanol–water partition coefficient (Wildman–Crippen LogP) is 0.187. The lowest BCUT2D eigenvalue weighted by Crippen LogP contribution is -2.49. The molecule has 37 heavy (non-hydrogen) atoms. The first kappa shape index (κ1) is 28.3. The van der Waals surface area contributed by atoms with Gasteiger partial charge in [-0.3, -0.25) is 19.7 Å². The summed E-state index contributed by atoms with van der Waals surface area (Å²) in [5, 5.41) is 48.3. The molecule has 1 aromatic carbocycles. The Balaban J connectivity index is 1.63. The first-order valence-electron chi connectivity index (χ1n) is 12.0. The van der Waals surface area contributed by atoms with Crippen LogP contribution < -0.4 is 0 Å². The summed E-state index contributed by atoms with van der Waals surface area (Å²) in [4.78, 5) is 25.1. The Morgan fingerprint density at radius 1 is 0.784 bits per heavy atom. The number of hydrogen-bond donors (Lipinski definition) is 5. The molecule has 1 amide bonds. The van der Waals surface area contributed by atoms with E-state index in [2.05, 4.69) is 14.9 Å². The quantitative estimate of drug-likeness (QED) is 0.217. The van der Waals surface area contributed by atoms with Gasteiger partial charge in [-0.15, -0.1) is 0 Å². The van der Waals surface area contributed by atoms with Crippen LogP contribution >= 0.6 is 0 Å². The molecule has 10 heteroatoms. The zero-order valence-corrected chi connectivity index (χ0v) is 20.7. The number of aromatic nitrogens is 2. The minimum atomic E-state index is -1.75. The Morgan fingerprint density at radius 3 is 1.81 bits per heavy atom. The van der Waals surface area contributed by atoms with Gasteiger partial charge < -0.3 is 30.4 Å². The third-order valence-corrected chi connectivity index (χ3v) is 5.96. The zero-order valence-electron chi connectivity index (χ0n) is 20.7. The Labute approximate surface area is 216 Å². The van der Waals surface area contributed by atoms with Crippen LogP contribution in [0.15, 0.2) is 73.1 Å². The monoisotopic (exact) mass is 510 g/mol. The van der Waals surface area contributed by atoms with Gasteiger partial charge in [0.1, 0.15) is 24.4 Å². The van der Waals surface area contributed by atoms with E-state index in [1.165, 1.54) is 11.9 Å². The molecule has 198 valence electrons. The van der Waals surface area contributed by atoms with Crippen molar-refractivity contribution in [3.63, 3.8) is 0 Å². The summed E-state index contributed by atoms with van der Waals surface area (Å²) in [5.74, 6) is -0.381. The molecule has 0 saturated heterocycles. The number of aliphatic hydroxyl groups is 5. The first-order chi connectivity index (χ1) is 17.8. The molecule has 3 aromatic rings. The van der Waals surface area contributed by atoms with Gasteiger partial charge in [0.15, 0.2) is 0 Å². The highest BCUT2D eigenvalue weighted by Crippen LogP contribution is 2.15. The maximum atomic E-state index is 12.8. The van der Waals surface area contributed by atoms with E-state index in [0.29, 0.717) is 25.2 Å². The van der Waals surface area contributed by atoms with Crippen LogP contribution in [0.5, 0.6) is 0 Å². The molecule has 0 radical (unpaired) electrons. The van der Waals surface area contributed by atoms with Crippen LogP contribution in [0.3, 0.4) is 0 Å². The van der Waals surface area contributed by atoms with Crippen molar-refractivity contribution in [2.24, 2.45) is 0 Å². The van der Waals surface area contributed by atoms with Crippen LogP contribution in [0.25, 0.3) is 0 Å². The number of aliphatic hydroxyl groups excluding tert-OH is 5. The molecule has 0 fully saturated rings. The summed E-state index contributed by atoms with van der Waals surface area (Å²) in [6.45, 7) is 0.801. The second-order valence-electron chi connectivity index (χ2n) is 8.97. The van der Waals surface area contributed by atoms with Crippen molar-refractivity contribution in [3.05, 3.63) is 95.6 Å². The van der Waals surface area contributed by atoms with E-state index in [4.69, 9.17) is 5.11 Å². The molecule has 3 rings (SSSR count). The second-order valence-corrected chi connectivity index (χ2v) is 8.97. The number of rotatable bonds is 13. The molecule has 0 aliphatic heterocycles. The van der Waals surface area contributed by atoms with Crippen molar-refractivity contribution >= 4 is 5.91 Å². The lowest BCUT2D eigenvalue weighted by atomic mass is 10.0. The number of hydrogen-bond acceptors (Lipinski definition) is 9. The van der Waals surface area contributed by atoms with Crippen molar-refractivity contribution in [2.45, 2.75) is 44.1 Å². The van der Waals surface area contributed by atoms with Gasteiger partial charge in [0, 0.05) is 51.2 Å². The fraction of sp³-hybridized carbons (Fsp3) is 0.370. The maximum absolute atomic E-state index is 12.8. The van der Waals surface area contributed by atoms with Crippen molar-refractivity contribution < 1.29 is 30.3 Å². The molecule has 0 saturated carbocycles. The van der Waals surface area contributed by atoms with Crippen LogP contribution in [-0.2, 0) is 19.6 Å². The number of likely N-dealkylation sites (N-methyl/N-ethyl adjacent to an activating group) is 1. The van der Waals surface area contributed by atoms with Gasteiger partial charge in [0.25, 0.3) is 5.91 Å². The van der Waals surface area contributed by atoms with Crippen molar-refractivity contribution in [1.29, 1.82) is 0 Å². The largest absolute Gasteiger partial charge is 0.394 e. The van der Waals surface area contributed by atoms with Crippen molar-refractivity contribution in [3.8, 4) is 0 Å². The third kappa shape index (κ3) is 8.39. The number of carbonyl (C=O) groups excluding carboxylic acids is 1. The predicted molar refractivity (Wildman–Crippen MR) is 136 cm³/mol. The molecule has 0 spiro atoms. The fourth-order valence-corrected chi connectivity index (χ4v) is 3.88. The smallest absolute Gasteiger partial charge is 0.253 e. The van der Waals surface area contributed by atoms with E-state index >= 15 is 0 Å². The number of nitrogens with zero attached hydrogens (tertiary/aromatic N) is 4. The van der Waals surface area contributed by atoms with Crippen molar-refractivity contribution in [1.82, 2.24) is 19.8 Å². The normalized spacial score (nSPS) is 14.7. The second kappa shape index (κ2) is 13.9. The molecule has 10 nitrogen and oxygen atoms in total. The van der Waals surface area contributed by atoms with Gasteiger partial charge in [-0.25, -0.2) is 0 Å². The molecule has 5 N–H and O–H groups in total. The topological polar surface area (TPSA) is 150 Å². The molecule has 0 bridgehead atoms. The minimum absolute atomic E-state index is 0.279. The Morgan fingerprint density at radius 2 is 1.32 bits per heavy atom. The number of pyridine rings is 2. The average molecular weight is 511 g/mol. The Kier molecular flexibility index (Phi) is 10.6. The highest BCUT2D eigenvalue weighted by Gasteiger charge is 2.31. The SMILES string of the molecule is CN(CC(O)C(O)C(O)C(O)CO)C(=O)c1ccc(CN(Cc2ccccn2)Cc2ccccn2)cc1. The molecule has 2 heterocycles. The van der Waals surface area contributed by atoms with Gasteiger partial charge in [-0.1, -0.05) is 24.3 Å². The van der Waals surface area contributed by atoms with Gasteiger partial charge in [0.05, 0.1) is 18.0 Å². The van der Waals surface area contributed by atoms with E-state index in [1.54, 1.807) is 24.5 Å². The lowest BCUT2D eigenvalue weighted by Gasteiger charge is -2.28.